The lowest BCUT2D eigenvalue weighted by molar-refractivity contribution is -0.141. The van der Waals surface area contributed by atoms with Crippen LogP contribution in [0.2, 0.25) is 0 Å². The fraction of sp³-hybridized carbons (Fsp3) is 0.481. The minimum absolute atomic E-state index is 0.0142. The van der Waals surface area contributed by atoms with E-state index in [1.807, 2.05) is 19.9 Å². The molecule has 2 aliphatic rings. The zero-order valence-electron chi connectivity index (χ0n) is 20.4. The third kappa shape index (κ3) is 5.06. The topological polar surface area (TPSA) is 96.8 Å². The van der Waals surface area contributed by atoms with Crippen LogP contribution >= 0.6 is 0 Å². The molecule has 0 unspecified atom stereocenters. The molecule has 0 saturated carbocycles. The van der Waals surface area contributed by atoms with Crippen LogP contribution in [0.4, 0.5) is 4.39 Å². The number of benzene rings is 1. The van der Waals surface area contributed by atoms with Crippen LogP contribution in [0.25, 0.3) is 0 Å². The molecule has 2 heterocycles. The molecule has 1 atom stereocenters. The SMILES string of the molecule is COc1ccc2c(n1)CCN(C(=O)CCCC(=O)O)[C@H]2C(=O)Cc1cc(F)c2c(c1)CCC2(C)C. The first-order chi connectivity index (χ1) is 16.6. The number of nitrogens with zero attached hydrogens (tertiary/aromatic N) is 2. The van der Waals surface area contributed by atoms with Crippen LogP contribution in [-0.2, 0) is 39.1 Å². The van der Waals surface area contributed by atoms with Crippen molar-refractivity contribution in [1.29, 1.82) is 0 Å². The quantitative estimate of drug-likeness (QED) is 0.612. The second kappa shape index (κ2) is 9.76. The number of carbonyl (C=O) groups excluding carboxylic acids is 2. The Hall–Kier alpha value is -3.29. The van der Waals surface area contributed by atoms with Crippen LogP contribution in [0.5, 0.6) is 5.88 Å². The first-order valence-corrected chi connectivity index (χ1v) is 12.0. The largest absolute Gasteiger partial charge is 0.481 e. The van der Waals surface area contributed by atoms with Crippen LogP contribution in [0.1, 0.15) is 73.5 Å². The molecule has 1 aliphatic heterocycles. The summed E-state index contributed by atoms with van der Waals surface area (Å²) in [4.78, 5) is 43.6. The highest BCUT2D eigenvalue weighted by atomic mass is 19.1. The number of aromatic nitrogens is 1. The Morgan fingerprint density at radius 2 is 1.97 bits per heavy atom. The summed E-state index contributed by atoms with van der Waals surface area (Å²) in [6.07, 6.45) is 2.20. The monoisotopic (exact) mass is 482 g/mol. The van der Waals surface area contributed by atoms with E-state index in [2.05, 4.69) is 4.98 Å². The molecule has 1 amide bonds. The molecule has 0 spiro atoms. The van der Waals surface area contributed by atoms with Gasteiger partial charge in [0.25, 0.3) is 0 Å². The molecule has 4 rings (SSSR count). The normalized spacial score (nSPS) is 18.1. The van der Waals surface area contributed by atoms with Gasteiger partial charge in [-0.2, -0.15) is 0 Å². The van der Waals surface area contributed by atoms with Crippen LogP contribution in [0.15, 0.2) is 24.3 Å². The standard InChI is InChI=1S/C27H31FN2O5/c1-27(2)11-9-17-13-16(14-19(28)25(17)27)15-21(31)26-18-7-8-22(35-3)29-20(18)10-12-30(26)23(32)5-4-6-24(33)34/h7-8,13-14,26H,4-6,9-12,15H2,1-3H3,(H,33,34)/t26-/m1/s1. The smallest absolute Gasteiger partial charge is 0.303 e. The number of carboxylic acid groups (broad SMARTS) is 1. The molecule has 1 aliphatic carbocycles. The lowest BCUT2D eigenvalue weighted by atomic mass is 9.85. The van der Waals surface area contributed by atoms with Crippen LogP contribution in [0.3, 0.4) is 0 Å². The molecule has 0 saturated heterocycles. The highest BCUT2D eigenvalue weighted by Gasteiger charge is 2.37. The molecule has 2 aromatic rings. The number of Topliss-reactive ketones (excluding diaryl/α,β-unsaturated/α-hetero) is 1. The zero-order chi connectivity index (χ0) is 25.3. The summed E-state index contributed by atoms with van der Waals surface area (Å²) in [5, 5.41) is 8.91. The molecule has 0 radical (unpaired) electrons. The predicted molar refractivity (Wildman–Crippen MR) is 127 cm³/mol. The van der Waals surface area contributed by atoms with Gasteiger partial charge in [0.05, 0.1) is 12.8 Å². The predicted octanol–water partition coefficient (Wildman–Crippen LogP) is 3.95. The maximum atomic E-state index is 15.0. The number of rotatable bonds is 8. The number of hydrogen-bond acceptors (Lipinski definition) is 5. The minimum Gasteiger partial charge on any atom is -0.481 e. The van der Waals surface area contributed by atoms with E-state index in [9.17, 15) is 14.4 Å². The van der Waals surface area contributed by atoms with Crippen molar-refractivity contribution in [2.45, 2.75) is 70.3 Å². The molecule has 1 aromatic carbocycles. The summed E-state index contributed by atoms with van der Waals surface area (Å²) >= 11 is 0. The lowest BCUT2D eigenvalue weighted by Gasteiger charge is -2.36. The molecule has 186 valence electrons. The van der Waals surface area contributed by atoms with E-state index in [0.29, 0.717) is 35.7 Å². The Morgan fingerprint density at radius 1 is 1.20 bits per heavy atom. The maximum absolute atomic E-state index is 15.0. The van der Waals surface area contributed by atoms with Gasteiger partial charge in [-0.1, -0.05) is 19.9 Å². The Morgan fingerprint density at radius 3 is 2.69 bits per heavy atom. The summed E-state index contributed by atoms with van der Waals surface area (Å²) in [7, 11) is 1.52. The van der Waals surface area contributed by atoms with Crippen molar-refractivity contribution in [2.75, 3.05) is 13.7 Å². The second-order valence-corrected chi connectivity index (χ2v) is 10.0. The number of amides is 1. The third-order valence-corrected chi connectivity index (χ3v) is 7.10. The number of aryl methyl sites for hydroxylation is 1. The summed E-state index contributed by atoms with van der Waals surface area (Å²) < 4.78 is 20.2. The Balaban J connectivity index is 1.63. The first-order valence-electron chi connectivity index (χ1n) is 12.0. The maximum Gasteiger partial charge on any atom is 0.303 e. The van der Waals surface area contributed by atoms with E-state index in [0.717, 1.165) is 24.0 Å². The molecular weight excluding hydrogens is 451 g/mol. The average Bonchev–Trinajstić information content (AvgIpc) is 3.12. The number of ether oxygens (including phenoxy) is 1. The Labute approximate surface area is 204 Å². The average molecular weight is 483 g/mol. The van der Waals surface area contributed by atoms with Gasteiger partial charge < -0.3 is 14.7 Å². The van der Waals surface area contributed by atoms with Crippen LogP contribution in [0, 0.1) is 5.82 Å². The minimum atomic E-state index is -0.965. The van der Waals surface area contributed by atoms with Crippen molar-refractivity contribution < 1.29 is 28.6 Å². The molecule has 35 heavy (non-hydrogen) atoms. The molecule has 1 N–H and O–H groups in total. The van der Waals surface area contributed by atoms with Crippen molar-refractivity contribution in [3.63, 3.8) is 0 Å². The Bertz CT molecular complexity index is 1180. The third-order valence-electron chi connectivity index (χ3n) is 7.10. The fourth-order valence-corrected chi connectivity index (χ4v) is 5.38. The molecule has 1 aromatic heterocycles. The molecule has 0 fully saturated rings. The van der Waals surface area contributed by atoms with Gasteiger partial charge in [-0.3, -0.25) is 14.4 Å². The van der Waals surface area contributed by atoms with Gasteiger partial charge in [0.15, 0.2) is 5.78 Å². The highest BCUT2D eigenvalue weighted by molar-refractivity contribution is 5.92. The van der Waals surface area contributed by atoms with Crippen molar-refractivity contribution >= 4 is 17.7 Å². The second-order valence-electron chi connectivity index (χ2n) is 10.0. The number of methoxy groups -OCH3 is 1. The molecular formula is C27H31FN2O5. The fourth-order valence-electron chi connectivity index (χ4n) is 5.38. The van der Waals surface area contributed by atoms with Crippen molar-refractivity contribution in [1.82, 2.24) is 9.88 Å². The molecule has 7 nitrogen and oxygen atoms in total. The summed E-state index contributed by atoms with van der Waals surface area (Å²) in [5.74, 6) is -1.31. The van der Waals surface area contributed by atoms with Gasteiger partial charge in [0.1, 0.15) is 11.9 Å². The van der Waals surface area contributed by atoms with Gasteiger partial charge in [-0.15, -0.1) is 0 Å². The number of aliphatic carboxylic acids is 1. The van der Waals surface area contributed by atoms with E-state index in [1.165, 1.54) is 18.1 Å². The van der Waals surface area contributed by atoms with Crippen LogP contribution < -0.4 is 4.74 Å². The number of hydrogen-bond donors (Lipinski definition) is 1. The lowest BCUT2D eigenvalue weighted by Crippen LogP contribution is -2.44. The number of ketones is 1. The van der Waals surface area contributed by atoms with Gasteiger partial charge in [0, 0.05) is 43.9 Å². The number of carboxylic acids is 1. The first kappa shape index (κ1) is 24.8. The summed E-state index contributed by atoms with van der Waals surface area (Å²) in [6, 6.07) is 5.92. The van der Waals surface area contributed by atoms with Crippen molar-refractivity contribution in [3.05, 3.63) is 58.0 Å². The zero-order valence-corrected chi connectivity index (χ0v) is 20.4. The van der Waals surface area contributed by atoms with Gasteiger partial charge in [-0.05, 0) is 53.5 Å². The van der Waals surface area contributed by atoms with E-state index >= 15 is 4.39 Å². The highest BCUT2D eigenvalue weighted by Crippen LogP contribution is 2.41. The van der Waals surface area contributed by atoms with Gasteiger partial charge >= 0.3 is 5.97 Å². The van der Waals surface area contributed by atoms with Gasteiger partial charge in [-0.25, -0.2) is 9.37 Å². The number of pyridine rings is 1. The van der Waals surface area contributed by atoms with Gasteiger partial charge in [0.2, 0.25) is 11.8 Å². The van der Waals surface area contributed by atoms with E-state index in [-0.39, 0.29) is 48.6 Å². The number of carbonyl (C=O) groups is 3. The van der Waals surface area contributed by atoms with E-state index in [1.54, 1.807) is 12.1 Å². The Kier molecular flexibility index (Phi) is 6.92. The number of halogens is 1. The van der Waals surface area contributed by atoms with Crippen LogP contribution in [-0.4, -0.2) is 46.3 Å². The summed E-state index contributed by atoms with van der Waals surface area (Å²) in [5.41, 5.74) is 3.36. The van der Waals surface area contributed by atoms with Crippen molar-refractivity contribution in [3.8, 4) is 5.88 Å². The van der Waals surface area contributed by atoms with E-state index in [4.69, 9.17) is 9.84 Å². The number of fused-ring (bicyclic) bond motifs is 2. The van der Waals surface area contributed by atoms with Crippen molar-refractivity contribution in [2.24, 2.45) is 0 Å². The summed E-state index contributed by atoms with van der Waals surface area (Å²) in [6.45, 7) is 4.35. The van der Waals surface area contributed by atoms with E-state index < -0.39 is 12.0 Å². The molecule has 0 bridgehead atoms. The molecule has 8 heteroatoms.